The molecule has 2 heterocycles. The topological polar surface area (TPSA) is 47.7 Å². The Morgan fingerprint density at radius 1 is 1.19 bits per heavy atom. The normalized spacial score (nSPS) is 11.5. The molecule has 1 N–H and O–H groups in total. The Morgan fingerprint density at radius 3 is 2.67 bits per heavy atom. The van der Waals surface area contributed by atoms with Crippen molar-refractivity contribution >= 4 is 0 Å². The highest BCUT2D eigenvalue weighted by Crippen LogP contribution is 2.09. The van der Waals surface area contributed by atoms with Crippen LogP contribution in [0.15, 0.2) is 18.3 Å². The number of rotatable bonds is 8. The van der Waals surface area contributed by atoms with E-state index < -0.39 is 0 Å². The van der Waals surface area contributed by atoms with Crippen LogP contribution >= 0.6 is 0 Å². The zero-order valence-electron chi connectivity index (χ0n) is 13.6. The number of hydrogen-bond acceptors (Lipinski definition) is 3. The summed E-state index contributed by atoms with van der Waals surface area (Å²) in [5.74, 6) is 0.662. The fourth-order valence-corrected chi connectivity index (χ4v) is 2.38. The van der Waals surface area contributed by atoms with Crippen molar-refractivity contribution in [2.75, 3.05) is 6.54 Å². The van der Waals surface area contributed by atoms with Gasteiger partial charge in [0.15, 0.2) is 0 Å². The van der Waals surface area contributed by atoms with Crippen molar-refractivity contribution in [2.45, 2.75) is 53.8 Å². The molecule has 5 nitrogen and oxygen atoms in total. The van der Waals surface area contributed by atoms with Gasteiger partial charge in [-0.2, -0.15) is 10.2 Å². The highest BCUT2D eigenvalue weighted by molar-refractivity contribution is 5.12. The number of aromatic nitrogens is 4. The lowest BCUT2D eigenvalue weighted by molar-refractivity contribution is 0.518. The number of hydrogen-bond donors (Lipinski definition) is 1. The lowest BCUT2D eigenvalue weighted by atomic mass is 10.2. The van der Waals surface area contributed by atoms with Gasteiger partial charge in [0, 0.05) is 19.3 Å². The minimum Gasteiger partial charge on any atom is -0.311 e. The highest BCUT2D eigenvalue weighted by Gasteiger charge is 2.09. The summed E-state index contributed by atoms with van der Waals surface area (Å²) in [4.78, 5) is 0. The number of aryl methyl sites for hydroxylation is 2. The van der Waals surface area contributed by atoms with Crippen molar-refractivity contribution in [1.82, 2.24) is 24.9 Å². The maximum Gasteiger partial charge on any atom is 0.0832 e. The summed E-state index contributed by atoms with van der Waals surface area (Å²) in [6, 6.07) is 4.28. The van der Waals surface area contributed by atoms with Crippen LogP contribution in [0.5, 0.6) is 0 Å². The summed E-state index contributed by atoms with van der Waals surface area (Å²) in [6.45, 7) is 12.3. The molecule has 0 radical (unpaired) electrons. The van der Waals surface area contributed by atoms with Gasteiger partial charge in [0.25, 0.3) is 0 Å². The Labute approximate surface area is 127 Å². The smallest absolute Gasteiger partial charge is 0.0832 e. The molecule has 0 aliphatic heterocycles. The van der Waals surface area contributed by atoms with E-state index in [4.69, 9.17) is 0 Å². The standard InChI is InChI=1S/C16H27N5/c1-5-14-9-16(20(6-2)19-14)12-21-15(7-8-18-21)11-17-10-13(3)4/h7-9,13,17H,5-6,10-12H2,1-4H3. The summed E-state index contributed by atoms with van der Waals surface area (Å²) in [5, 5.41) is 12.5. The first-order valence-corrected chi connectivity index (χ1v) is 7.91. The summed E-state index contributed by atoms with van der Waals surface area (Å²) in [6.07, 6.45) is 2.85. The van der Waals surface area contributed by atoms with Gasteiger partial charge >= 0.3 is 0 Å². The van der Waals surface area contributed by atoms with E-state index in [1.165, 1.54) is 11.4 Å². The van der Waals surface area contributed by atoms with Crippen LogP contribution in [-0.2, 0) is 26.1 Å². The van der Waals surface area contributed by atoms with E-state index in [0.29, 0.717) is 5.92 Å². The summed E-state index contributed by atoms with van der Waals surface area (Å²) in [7, 11) is 0. The Kier molecular flexibility index (Phi) is 5.56. The van der Waals surface area contributed by atoms with Crippen molar-refractivity contribution in [3.63, 3.8) is 0 Å². The molecule has 0 amide bonds. The van der Waals surface area contributed by atoms with E-state index in [9.17, 15) is 0 Å². The van der Waals surface area contributed by atoms with Crippen LogP contribution in [0.25, 0.3) is 0 Å². The first-order chi connectivity index (χ1) is 10.1. The molecule has 0 saturated carbocycles. The first kappa shape index (κ1) is 15.8. The Balaban J connectivity index is 2.06. The highest BCUT2D eigenvalue weighted by atomic mass is 15.3. The van der Waals surface area contributed by atoms with Crippen molar-refractivity contribution in [2.24, 2.45) is 5.92 Å². The van der Waals surface area contributed by atoms with Gasteiger partial charge in [-0.3, -0.25) is 9.36 Å². The second kappa shape index (κ2) is 7.41. The molecule has 0 aliphatic rings. The zero-order chi connectivity index (χ0) is 15.2. The molecule has 0 aromatic carbocycles. The van der Waals surface area contributed by atoms with Gasteiger partial charge in [-0.15, -0.1) is 0 Å². The van der Waals surface area contributed by atoms with E-state index >= 15 is 0 Å². The van der Waals surface area contributed by atoms with Crippen molar-refractivity contribution in [3.05, 3.63) is 35.4 Å². The van der Waals surface area contributed by atoms with Crippen LogP contribution < -0.4 is 5.32 Å². The largest absolute Gasteiger partial charge is 0.311 e. The van der Waals surface area contributed by atoms with E-state index in [1.54, 1.807) is 0 Å². The molecule has 116 valence electrons. The molecule has 5 heteroatoms. The lowest BCUT2D eigenvalue weighted by Crippen LogP contribution is -2.21. The second-order valence-electron chi connectivity index (χ2n) is 5.80. The Hall–Kier alpha value is -1.62. The molecule has 0 bridgehead atoms. The maximum absolute atomic E-state index is 4.60. The van der Waals surface area contributed by atoms with E-state index in [-0.39, 0.29) is 0 Å². The third kappa shape index (κ3) is 4.17. The van der Waals surface area contributed by atoms with E-state index in [2.05, 4.69) is 64.7 Å². The van der Waals surface area contributed by atoms with Crippen LogP contribution in [0.3, 0.4) is 0 Å². The molecule has 0 fully saturated rings. The molecule has 2 aromatic heterocycles. The van der Waals surface area contributed by atoms with Gasteiger partial charge in [-0.1, -0.05) is 20.8 Å². The molecule has 21 heavy (non-hydrogen) atoms. The van der Waals surface area contributed by atoms with Crippen LogP contribution in [0.2, 0.25) is 0 Å². The molecule has 0 atom stereocenters. The SMILES string of the molecule is CCc1cc(Cn2nccc2CNCC(C)C)n(CC)n1. The predicted octanol–water partition coefficient (Wildman–Crippen LogP) is 2.46. The third-order valence-corrected chi connectivity index (χ3v) is 3.55. The molecule has 0 saturated heterocycles. The lowest BCUT2D eigenvalue weighted by Gasteiger charge is -2.11. The maximum atomic E-state index is 4.60. The number of nitrogens with one attached hydrogen (secondary N) is 1. The van der Waals surface area contributed by atoms with E-state index in [1.807, 2.05) is 6.20 Å². The van der Waals surface area contributed by atoms with Gasteiger partial charge in [0.2, 0.25) is 0 Å². The minimum absolute atomic E-state index is 0.662. The van der Waals surface area contributed by atoms with Gasteiger partial charge in [0.05, 0.1) is 23.6 Å². The van der Waals surface area contributed by atoms with Crippen molar-refractivity contribution in [3.8, 4) is 0 Å². The molecular weight excluding hydrogens is 262 g/mol. The molecule has 2 rings (SSSR count). The predicted molar refractivity (Wildman–Crippen MR) is 85.2 cm³/mol. The van der Waals surface area contributed by atoms with Crippen LogP contribution in [0, 0.1) is 5.92 Å². The molecular formula is C16H27N5. The van der Waals surface area contributed by atoms with Crippen LogP contribution in [0.4, 0.5) is 0 Å². The van der Waals surface area contributed by atoms with Crippen molar-refractivity contribution in [1.29, 1.82) is 0 Å². The zero-order valence-corrected chi connectivity index (χ0v) is 13.6. The number of nitrogens with zero attached hydrogens (tertiary/aromatic N) is 4. The fraction of sp³-hybridized carbons (Fsp3) is 0.625. The minimum atomic E-state index is 0.662. The van der Waals surface area contributed by atoms with E-state index in [0.717, 1.165) is 38.3 Å². The van der Waals surface area contributed by atoms with Crippen molar-refractivity contribution < 1.29 is 0 Å². The second-order valence-corrected chi connectivity index (χ2v) is 5.80. The summed E-state index contributed by atoms with van der Waals surface area (Å²) < 4.78 is 4.14. The molecule has 0 spiro atoms. The Bertz CT molecular complexity index is 553. The van der Waals surface area contributed by atoms with Crippen LogP contribution in [-0.4, -0.2) is 26.1 Å². The van der Waals surface area contributed by atoms with Gasteiger partial charge in [-0.05, 0) is 37.9 Å². The van der Waals surface area contributed by atoms with Gasteiger partial charge < -0.3 is 5.32 Å². The molecule has 0 unspecified atom stereocenters. The quantitative estimate of drug-likeness (QED) is 0.812. The molecule has 0 aliphatic carbocycles. The summed E-state index contributed by atoms with van der Waals surface area (Å²) in [5.41, 5.74) is 3.60. The monoisotopic (exact) mass is 289 g/mol. The first-order valence-electron chi connectivity index (χ1n) is 7.91. The Morgan fingerprint density at radius 2 is 2.00 bits per heavy atom. The average Bonchev–Trinajstić information content (AvgIpc) is 3.06. The third-order valence-electron chi connectivity index (χ3n) is 3.55. The molecule has 2 aromatic rings. The van der Waals surface area contributed by atoms with Gasteiger partial charge in [-0.25, -0.2) is 0 Å². The van der Waals surface area contributed by atoms with Crippen LogP contribution in [0.1, 0.15) is 44.8 Å². The fourth-order valence-electron chi connectivity index (χ4n) is 2.38. The van der Waals surface area contributed by atoms with Gasteiger partial charge in [0.1, 0.15) is 0 Å². The summed E-state index contributed by atoms with van der Waals surface area (Å²) >= 11 is 0. The average molecular weight is 289 g/mol.